The molecule has 3 heterocycles. The summed E-state index contributed by atoms with van der Waals surface area (Å²) in [6, 6.07) is 3.12. The SMILES string of the molecule is CC(C)(C)[C@H](NC(=O)C(F)(F)F)C(=O)N1[C@@H]2CC[C@@H](C2)[C@H]1C(=O)N[C@@H](C[C@@H]1CCNC1=O)C(=O)c1nc2ccccc2s1. The van der Waals surface area contributed by atoms with E-state index in [0.717, 1.165) is 4.70 Å². The fraction of sp³-hybridized carbons (Fsp3) is 0.586. The number of alkyl halides is 3. The molecule has 0 unspecified atom stereocenters. The summed E-state index contributed by atoms with van der Waals surface area (Å²) in [5.41, 5.74) is -0.472. The second-order valence-corrected chi connectivity index (χ2v) is 13.6. The molecule has 3 N–H and O–H groups in total. The molecule has 1 aromatic heterocycles. The minimum atomic E-state index is -5.19. The van der Waals surface area contributed by atoms with Gasteiger partial charge in [-0.05, 0) is 55.6 Å². The highest BCUT2D eigenvalue weighted by Crippen LogP contribution is 2.44. The molecule has 43 heavy (non-hydrogen) atoms. The van der Waals surface area contributed by atoms with Crippen molar-refractivity contribution in [1.82, 2.24) is 25.8 Å². The van der Waals surface area contributed by atoms with Gasteiger partial charge in [-0.15, -0.1) is 11.3 Å². The Morgan fingerprint density at radius 3 is 2.44 bits per heavy atom. The molecule has 14 heteroatoms. The van der Waals surface area contributed by atoms with Gasteiger partial charge in [-0.25, -0.2) is 4.98 Å². The maximum absolute atomic E-state index is 13.9. The molecule has 4 amide bonds. The number of para-hydroxylation sites is 1. The minimum Gasteiger partial charge on any atom is -0.356 e. The number of hydrogen-bond acceptors (Lipinski definition) is 7. The Hall–Kier alpha value is -3.55. The Bertz CT molecular complexity index is 1420. The number of fused-ring (bicyclic) bond motifs is 3. The molecule has 5 rings (SSSR count). The Morgan fingerprint density at radius 1 is 1.09 bits per heavy atom. The first-order valence-electron chi connectivity index (χ1n) is 14.3. The number of nitrogens with zero attached hydrogens (tertiary/aromatic N) is 2. The summed E-state index contributed by atoms with van der Waals surface area (Å²) in [4.78, 5) is 71.6. The number of ketones is 1. The minimum absolute atomic E-state index is 0.0351. The van der Waals surface area contributed by atoms with E-state index < -0.39 is 59.1 Å². The molecule has 2 saturated heterocycles. The highest BCUT2D eigenvalue weighted by atomic mass is 32.1. The van der Waals surface area contributed by atoms with Gasteiger partial charge in [0.05, 0.1) is 16.3 Å². The van der Waals surface area contributed by atoms with E-state index in [0.29, 0.717) is 37.7 Å². The number of amides is 4. The van der Waals surface area contributed by atoms with Crippen molar-refractivity contribution in [3.05, 3.63) is 29.3 Å². The van der Waals surface area contributed by atoms with E-state index in [1.54, 1.807) is 12.1 Å². The summed E-state index contributed by atoms with van der Waals surface area (Å²) in [5, 5.41) is 7.56. The van der Waals surface area contributed by atoms with Crippen molar-refractivity contribution < 1.29 is 37.1 Å². The third-order valence-corrected chi connectivity index (χ3v) is 9.63. The van der Waals surface area contributed by atoms with Crippen LogP contribution < -0.4 is 16.0 Å². The molecule has 0 spiro atoms. The Balaban J connectivity index is 1.41. The molecule has 0 radical (unpaired) electrons. The molecule has 3 fully saturated rings. The third kappa shape index (κ3) is 6.24. The van der Waals surface area contributed by atoms with Gasteiger partial charge in [-0.3, -0.25) is 24.0 Å². The van der Waals surface area contributed by atoms with E-state index in [4.69, 9.17) is 0 Å². The van der Waals surface area contributed by atoms with E-state index in [1.807, 2.05) is 17.4 Å². The number of thiazole rings is 1. The van der Waals surface area contributed by atoms with Crippen molar-refractivity contribution in [2.24, 2.45) is 17.3 Å². The number of halogens is 3. The largest absolute Gasteiger partial charge is 0.471 e. The summed E-state index contributed by atoms with van der Waals surface area (Å²) >= 11 is 1.17. The van der Waals surface area contributed by atoms with E-state index in [-0.39, 0.29) is 29.3 Å². The van der Waals surface area contributed by atoms with Crippen LogP contribution in [-0.2, 0) is 19.2 Å². The van der Waals surface area contributed by atoms with Crippen LogP contribution in [-0.4, -0.2) is 76.2 Å². The predicted molar refractivity (Wildman–Crippen MR) is 151 cm³/mol. The van der Waals surface area contributed by atoms with Crippen molar-refractivity contribution in [1.29, 1.82) is 0 Å². The van der Waals surface area contributed by atoms with E-state index >= 15 is 0 Å². The van der Waals surface area contributed by atoms with Crippen molar-refractivity contribution in [2.45, 2.75) is 83.2 Å². The topological polar surface area (TPSA) is 138 Å². The average molecular weight is 622 g/mol. The van der Waals surface area contributed by atoms with Crippen molar-refractivity contribution in [2.75, 3.05) is 6.54 Å². The van der Waals surface area contributed by atoms with Crippen LogP contribution in [0.1, 0.15) is 62.7 Å². The number of hydrogen-bond donors (Lipinski definition) is 3. The number of benzene rings is 1. The van der Waals surface area contributed by atoms with Gasteiger partial charge >= 0.3 is 12.1 Å². The molecule has 3 aliphatic rings. The van der Waals surface area contributed by atoms with Gasteiger partial charge in [0.15, 0.2) is 5.01 Å². The molecule has 2 bridgehead atoms. The first-order valence-corrected chi connectivity index (χ1v) is 15.1. The number of likely N-dealkylation sites (tertiary alicyclic amines) is 1. The summed E-state index contributed by atoms with van der Waals surface area (Å²) in [5.74, 6) is -5.08. The summed E-state index contributed by atoms with van der Waals surface area (Å²) in [7, 11) is 0. The Kier molecular flexibility index (Phi) is 8.27. The van der Waals surface area contributed by atoms with Crippen LogP contribution >= 0.6 is 11.3 Å². The van der Waals surface area contributed by atoms with Crippen LogP contribution in [0, 0.1) is 17.3 Å². The Labute approximate surface area is 250 Å². The first-order chi connectivity index (χ1) is 20.1. The van der Waals surface area contributed by atoms with Crippen molar-refractivity contribution in [3.8, 4) is 0 Å². The monoisotopic (exact) mass is 621 g/mol. The molecule has 10 nitrogen and oxygen atoms in total. The van der Waals surface area contributed by atoms with Crippen LogP contribution in [0.3, 0.4) is 0 Å². The fourth-order valence-corrected chi connectivity index (χ4v) is 7.38. The maximum atomic E-state index is 13.9. The van der Waals surface area contributed by atoms with E-state index in [2.05, 4.69) is 15.6 Å². The fourth-order valence-electron chi connectivity index (χ4n) is 6.42. The van der Waals surface area contributed by atoms with Crippen LogP contribution in [0.4, 0.5) is 13.2 Å². The molecular weight excluding hydrogens is 587 g/mol. The quantitative estimate of drug-likeness (QED) is 0.388. The zero-order valence-corrected chi connectivity index (χ0v) is 24.8. The zero-order chi connectivity index (χ0) is 31.3. The molecule has 1 saturated carbocycles. The van der Waals surface area contributed by atoms with Crippen molar-refractivity contribution in [3.63, 3.8) is 0 Å². The van der Waals surface area contributed by atoms with Gasteiger partial charge in [0, 0.05) is 18.5 Å². The molecule has 1 aromatic carbocycles. The number of carbonyl (C=O) groups excluding carboxylic acids is 5. The van der Waals surface area contributed by atoms with Crippen molar-refractivity contribution >= 4 is 51.0 Å². The number of Topliss-reactive ketones (excluding diaryl/α,β-unsaturated/α-hetero) is 1. The lowest BCUT2D eigenvalue weighted by atomic mass is 9.84. The van der Waals surface area contributed by atoms with Crippen LogP contribution in [0.25, 0.3) is 10.2 Å². The van der Waals surface area contributed by atoms with E-state index in [1.165, 1.54) is 37.0 Å². The normalized spacial score (nSPS) is 25.0. The predicted octanol–water partition coefficient (Wildman–Crippen LogP) is 2.96. The van der Waals surface area contributed by atoms with Crippen LogP contribution in [0.5, 0.6) is 0 Å². The van der Waals surface area contributed by atoms with Gasteiger partial charge in [-0.1, -0.05) is 32.9 Å². The Morgan fingerprint density at radius 2 is 1.81 bits per heavy atom. The van der Waals surface area contributed by atoms with Crippen LogP contribution in [0.2, 0.25) is 0 Å². The number of carbonyl (C=O) groups is 5. The smallest absolute Gasteiger partial charge is 0.356 e. The standard InChI is InChI=1S/C29H34F3N5O5S/c1-28(2,3)22(36-27(42)29(30,31)32)26(41)37-16-9-8-14(12-16)20(37)24(40)34-18(13-15-10-11-33-23(15)39)21(38)25-35-17-6-4-5-7-19(17)43-25/h4-7,14-16,18,20,22H,8-13H2,1-3H3,(H,33,39)(H,34,40)(H,36,42)/t14-,15-,16+,18-,20-,22+/m0/s1. The first kappa shape index (κ1) is 30.9. The second-order valence-electron chi connectivity index (χ2n) is 12.6. The zero-order valence-electron chi connectivity index (χ0n) is 24.0. The lowest BCUT2D eigenvalue weighted by molar-refractivity contribution is -0.176. The van der Waals surface area contributed by atoms with Gasteiger partial charge in [-0.2, -0.15) is 13.2 Å². The van der Waals surface area contributed by atoms with Gasteiger partial charge in [0.1, 0.15) is 12.1 Å². The van der Waals surface area contributed by atoms with Gasteiger partial charge < -0.3 is 20.9 Å². The molecular formula is C29H34F3N5O5S. The molecule has 232 valence electrons. The number of piperidine rings is 1. The maximum Gasteiger partial charge on any atom is 0.471 e. The molecule has 2 aliphatic heterocycles. The average Bonchev–Trinajstić information content (AvgIpc) is 3.73. The highest BCUT2D eigenvalue weighted by Gasteiger charge is 2.55. The second kappa shape index (κ2) is 11.5. The lowest BCUT2D eigenvalue weighted by Gasteiger charge is -2.40. The molecule has 1 aliphatic carbocycles. The number of nitrogens with one attached hydrogen (secondary N) is 3. The van der Waals surface area contributed by atoms with Gasteiger partial charge in [0.2, 0.25) is 23.5 Å². The molecule has 6 atom stereocenters. The lowest BCUT2D eigenvalue weighted by Crippen LogP contribution is -2.62. The number of rotatable bonds is 8. The summed E-state index contributed by atoms with van der Waals surface area (Å²) in [6.45, 7) is 5.06. The van der Waals surface area contributed by atoms with Gasteiger partial charge in [0.25, 0.3) is 0 Å². The highest BCUT2D eigenvalue weighted by molar-refractivity contribution is 7.20. The third-order valence-electron chi connectivity index (χ3n) is 8.57. The number of aromatic nitrogens is 1. The van der Waals surface area contributed by atoms with E-state index in [9.17, 15) is 37.1 Å². The molecule has 2 aromatic rings. The summed E-state index contributed by atoms with van der Waals surface area (Å²) < 4.78 is 40.2. The van der Waals surface area contributed by atoms with Crippen LogP contribution in [0.15, 0.2) is 24.3 Å². The summed E-state index contributed by atoms with van der Waals surface area (Å²) in [6.07, 6.45) is -2.99.